The maximum absolute atomic E-state index is 10.9. The van der Waals surface area contributed by atoms with E-state index in [1.54, 1.807) is 12.1 Å². The van der Waals surface area contributed by atoms with Gasteiger partial charge in [0.2, 0.25) is 5.91 Å². The monoisotopic (exact) mass is 255 g/mol. The van der Waals surface area contributed by atoms with Gasteiger partial charge in [0.25, 0.3) is 0 Å². The molecule has 0 spiro atoms. The fraction of sp³-hybridized carbons (Fsp3) is 0.455. The highest BCUT2D eigenvalue weighted by molar-refractivity contribution is 7.13. The van der Waals surface area contributed by atoms with Gasteiger partial charge < -0.3 is 15.2 Å². The summed E-state index contributed by atoms with van der Waals surface area (Å²) in [6.07, 6.45) is 1.37. The predicted molar refractivity (Wildman–Crippen MR) is 62.1 cm³/mol. The molecule has 2 rings (SSSR count). The Hall–Kier alpha value is -1.40. The predicted octanol–water partition coefficient (Wildman–Crippen LogP) is 1.24. The summed E-state index contributed by atoms with van der Waals surface area (Å²) in [4.78, 5) is 22.8. The summed E-state index contributed by atoms with van der Waals surface area (Å²) in [7, 11) is 0. The summed E-state index contributed by atoms with van der Waals surface area (Å²) >= 11 is 1.21. The molecule has 92 valence electrons. The van der Waals surface area contributed by atoms with Crippen LogP contribution in [-0.4, -0.2) is 29.6 Å². The quantitative estimate of drug-likeness (QED) is 0.830. The van der Waals surface area contributed by atoms with Crippen LogP contribution in [0.25, 0.3) is 0 Å². The third kappa shape index (κ3) is 3.28. The van der Waals surface area contributed by atoms with E-state index in [0.29, 0.717) is 24.5 Å². The van der Waals surface area contributed by atoms with Gasteiger partial charge in [-0.2, -0.15) is 0 Å². The van der Waals surface area contributed by atoms with Gasteiger partial charge in [-0.25, -0.2) is 4.79 Å². The summed E-state index contributed by atoms with van der Waals surface area (Å²) in [6, 6.07) is 3.42. The maximum atomic E-state index is 10.9. The molecule has 0 saturated carbocycles. The molecule has 1 aliphatic rings. The molecule has 1 amide bonds. The van der Waals surface area contributed by atoms with E-state index in [1.807, 2.05) is 0 Å². The number of carbonyl (C=O) groups excluding carboxylic acids is 1. The van der Waals surface area contributed by atoms with Crippen molar-refractivity contribution in [1.82, 2.24) is 5.32 Å². The van der Waals surface area contributed by atoms with Crippen molar-refractivity contribution in [2.24, 2.45) is 0 Å². The minimum atomic E-state index is -0.913. The zero-order chi connectivity index (χ0) is 12.3. The molecule has 1 unspecified atom stereocenters. The number of aromatic carboxylic acids is 1. The third-order valence-electron chi connectivity index (χ3n) is 2.52. The first-order valence-corrected chi connectivity index (χ1v) is 6.16. The van der Waals surface area contributed by atoms with Crippen LogP contribution in [0.15, 0.2) is 12.1 Å². The Morgan fingerprint density at radius 2 is 2.41 bits per heavy atom. The number of ether oxygens (including phenoxy) is 1. The van der Waals surface area contributed by atoms with Gasteiger partial charge in [-0.15, -0.1) is 11.3 Å². The average molecular weight is 255 g/mol. The highest BCUT2D eigenvalue weighted by Crippen LogP contribution is 2.17. The zero-order valence-corrected chi connectivity index (χ0v) is 9.96. The maximum Gasteiger partial charge on any atom is 0.345 e. The van der Waals surface area contributed by atoms with Crippen molar-refractivity contribution in [1.29, 1.82) is 0 Å². The average Bonchev–Trinajstić information content (AvgIpc) is 2.88. The Bertz CT molecular complexity index is 429. The van der Waals surface area contributed by atoms with E-state index >= 15 is 0 Å². The molecule has 0 aromatic carbocycles. The highest BCUT2D eigenvalue weighted by Gasteiger charge is 2.20. The number of amides is 1. The molecule has 1 aromatic rings. The van der Waals surface area contributed by atoms with Crippen LogP contribution in [0.2, 0.25) is 0 Å². The minimum Gasteiger partial charge on any atom is -0.477 e. The first-order chi connectivity index (χ1) is 8.15. The normalized spacial score (nSPS) is 19.3. The van der Waals surface area contributed by atoms with Gasteiger partial charge in [0.05, 0.1) is 19.3 Å². The lowest BCUT2D eigenvalue weighted by molar-refractivity contribution is -0.119. The second kappa shape index (κ2) is 5.29. The first-order valence-electron chi connectivity index (χ1n) is 5.34. The Morgan fingerprint density at radius 1 is 1.59 bits per heavy atom. The van der Waals surface area contributed by atoms with Crippen LogP contribution >= 0.6 is 11.3 Å². The van der Waals surface area contributed by atoms with E-state index in [-0.39, 0.29) is 11.9 Å². The summed E-state index contributed by atoms with van der Waals surface area (Å²) in [5.74, 6) is -0.841. The molecular formula is C11H13NO4S. The van der Waals surface area contributed by atoms with Gasteiger partial charge in [0.15, 0.2) is 0 Å². The molecule has 0 bridgehead atoms. The Labute approximate surface area is 102 Å². The van der Waals surface area contributed by atoms with E-state index < -0.39 is 5.97 Å². The van der Waals surface area contributed by atoms with Crippen molar-refractivity contribution in [2.75, 3.05) is 6.61 Å². The first kappa shape index (κ1) is 12.1. The largest absolute Gasteiger partial charge is 0.477 e. The topological polar surface area (TPSA) is 75.6 Å². The second-order valence-electron chi connectivity index (χ2n) is 3.89. The van der Waals surface area contributed by atoms with Crippen LogP contribution in [0.3, 0.4) is 0 Å². The Morgan fingerprint density at radius 3 is 3.00 bits per heavy atom. The Kier molecular flexibility index (Phi) is 3.75. The van der Waals surface area contributed by atoms with E-state index in [9.17, 15) is 9.59 Å². The summed E-state index contributed by atoms with van der Waals surface area (Å²) in [6.45, 7) is 0.871. The number of carboxylic acid groups (broad SMARTS) is 1. The Balaban J connectivity index is 1.74. The van der Waals surface area contributed by atoms with Crippen LogP contribution in [0.4, 0.5) is 0 Å². The number of rotatable bonds is 5. The zero-order valence-electron chi connectivity index (χ0n) is 9.14. The van der Waals surface area contributed by atoms with Crippen LogP contribution in [-0.2, 0) is 16.1 Å². The van der Waals surface area contributed by atoms with Gasteiger partial charge in [-0.1, -0.05) is 0 Å². The summed E-state index contributed by atoms with van der Waals surface area (Å²) < 4.78 is 5.45. The van der Waals surface area contributed by atoms with E-state index in [2.05, 4.69) is 5.32 Å². The van der Waals surface area contributed by atoms with Crippen molar-refractivity contribution < 1.29 is 19.4 Å². The fourth-order valence-electron chi connectivity index (χ4n) is 1.67. The molecule has 1 atom stereocenters. The molecule has 2 heterocycles. The van der Waals surface area contributed by atoms with E-state index in [4.69, 9.17) is 9.84 Å². The van der Waals surface area contributed by atoms with Gasteiger partial charge in [0.1, 0.15) is 4.88 Å². The molecule has 1 fully saturated rings. The molecule has 17 heavy (non-hydrogen) atoms. The molecular weight excluding hydrogens is 242 g/mol. The molecule has 2 N–H and O–H groups in total. The molecule has 1 aromatic heterocycles. The minimum absolute atomic E-state index is 0.0721. The lowest BCUT2D eigenvalue weighted by atomic mass is 10.2. The fourth-order valence-corrected chi connectivity index (χ4v) is 2.46. The van der Waals surface area contributed by atoms with Crippen molar-refractivity contribution in [3.63, 3.8) is 0 Å². The van der Waals surface area contributed by atoms with Crippen molar-refractivity contribution in [3.05, 3.63) is 21.9 Å². The van der Waals surface area contributed by atoms with Crippen LogP contribution in [0, 0.1) is 0 Å². The van der Waals surface area contributed by atoms with Gasteiger partial charge in [0, 0.05) is 11.3 Å². The van der Waals surface area contributed by atoms with E-state index in [1.165, 1.54) is 11.3 Å². The number of carboxylic acids is 1. The lowest BCUT2D eigenvalue weighted by Crippen LogP contribution is -2.29. The lowest BCUT2D eigenvalue weighted by Gasteiger charge is -2.09. The third-order valence-corrected chi connectivity index (χ3v) is 3.57. The number of nitrogens with one attached hydrogen (secondary N) is 1. The van der Waals surface area contributed by atoms with Gasteiger partial charge in [-0.05, 0) is 18.6 Å². The molecule has 0 aliphatic carbocycles. The highest BCUT2D eigenvalue weighted by atomic mass is 32.1. The molecule has 6 heteroatoms. The van der Waals surface area contributed by atoms with E-state index in [0.717, 1.165) is 11.3 Å². The van der Waals surface area contributed by atoms with Crippen molar-refractivity contribution >= 4 is 23.2 Å². The molecule has 0 radical (unpaired) electrons. The molecule has 5 nitrogen and oxygen atoms in total. The number of carbonyl (C=O) groups is 2. The second-order valence-corrected chi connectivity index (χ2v) is 5.06. The number of hydrogen-bond acceptors (Lipinski definition) is 4. The van der Waals surface area contributed by atoms with Gasteiger partial charge >= 0.3 is 5.97 Å². The summed E-state index contributed by atoms with van der Waals surface area (Å²) in [5, 5.41) is 11.6. The SMILES string of the molecule is O=C1CCC(COCc2ccc(C(=O)O)s2)N1. The van der Waals surface area contributed by atoms with Crippen LogP contribution < -0.4 is 5.32 Å². The number of hydrogen-bond donors (Lipinski definition) is 2. The summed E-state index contributed by atoms with van der Waals surface area (Å²) in [5.41, 5.74) is 0. The van der Waals surface area contributed by atoms with Gasteiger partial charge in [-0.3, -0.25) is 4.79 Å². The molecule has 1 aliphatic heterocycles. The van der Waals surface area contributed by atoms with Crippen molar-refractivity contribution in [3.8, 4) is 0 Å². The number of thiophene rings is 1. The van der Waals surface area contributed by atoms with Crippen LogP contribution in [0.5, 0.6) is 0 Å². The molecule has 1 saturated heterocycles. The smallest absolute Gasteiger partial charge is 0.345 e. The van der Waals surface area contributed by atoms with Crippen LogP contribution in [0.1, 0.15) is 27.4 Å². The standard InChI is InChI=1S/C11H13NO4S/c13-10-4-1-7(12-10)5-16-6-8-2-3-9(17-8)11(14)15/h2-3,7H,1,4-6H2,(H,12,13)(H,14,15). The van der Waals surface area contributed by atoms with Crippen molar-refractivity contribution in [2.45, 2.75) is 25.5 Å².